The number of benzene rings is 1. The molecule has 0 unspecified atom stereocenters. The maximum atomic E-state index is 11.9. The highest BCUT2D eigenvalue weighted by atomic mass is 16.3. The van der Waals surface area contributed by atoms with Crippen LogP contribution in [0.4, 0.5) is 0 Å². The van der Waals surface area contributed by atoms with E-state index in [9.17, 15) is 4.79 Å². The summed E-state index contributed by atoms with van der Waals surface area (Å²) in [6.07, 6.45) is 5.63. The van der Waals surface area contributed by atoms with E-state index in [2.05, 4.69) is 20.3 Å². The molecule has 5 rings (SSSR count). The molecule has 3 aromatic heterocycles. The largest absolute Gasteiger partial charge is 0.444 e. The van der Waals surface area contributed by atoms with Crippen LogP contribution in [-0.4, -0.2) is 25.0 Å². The predicted octanol–water partition coefficient (Wildman–Crippen LogP) is 2.85. The molecule has 0 saturated heterocycles. The van der Waals surface area contributed by atoms with Crippen LogP contribution in [0.3, 0.4) is 0 Å². The van der Waals surface area contributed by atoms with Gasteiger partial charge in [-0.25, -0.2) is 9.67 Å². The first-order valence-electron chi connectivity index (χ1n) is 8.25. The fourth-order valence-corrected chi connectivity index (χ4v) is 2.94. The SMILES string of the molecule is O=c1[nH]cccc1-c1coc(-c2ccc3c(c2)nnn3CC2CC2)n1. The van der Waals surface area contributed by atoms with Crippen LogP contribution in [-0.2, 0) is 6.54 Å². The number of pyridine rings is 1. The van der Waals surface area contributed by atoms with Gasteiger partial charge in [0.05, 0.1) is 11.1 Å². The lowest BCUT2D eigenvalue weighted by Crippen LogP contribution is -2.06. The molecule has 3 heterocycles. The van der Waals surface area contributed by atoms with Crippen molar-refractivity contribution in [2.24, 2.45) is 5.92 Å². The first kappa shape index (κ1) is 14.2. The third-order valence-electron chi connectivity index (χ3n) is 4.49. The Morgan fingerprint density at radius 3 is 3.04 bits per heavy atom. The van der Waals surface area contributed by atoms with E-state index >= 15 is 0 Å². The van der Waals surface area contributed by atoms with Crippen LogP contribution in [0.15, 0.2) is 52.0 Å². The topological polar surface area (TPSA) is 89.6 Å². The quantitative estimate of drug-likeness (QED) is 0.620. The van der Waals surface area contributed by atoms with Crippen LogP contribution in [0.5, 0.6) is 0 Å². The second-order valence-electron chi connectivity index (χ2n) is 6.37. The number of oxazole rings is 1. The lowest BCUT2D eigenvalue weighted by molar-refractivity contribution is 0.559. The molecule has 1 fully saturated rings. The summed E-state index contributed by atoms with van der Waals surface area (Å²) in [7, 11) is 0. The van der Waals surface area contributed by atoms with Gasteiger partial charge in [0, 0.05) is 18.3 Å². The zero-order valence-corrected chi connectivity index (χ0v) is 13.3. The minimum Gasteiger partial charge on any atom is -0.444 e. The third kappa shape index (κ3) is 2.53. The Morgan fingerprint density at radius 2 is 2.20 bits per heavy atom. The zero-order valence-electron chi connectivity index (χ0n) is 13.3. The van der Waals surface area contributed by atoms with Crippen LogP contribution in [0.1, 0.15) is 12.8 Å². The van der Waals surface area contributed by atoms with Crippen molar-refractivity contribution >= 4 is 11.0 Å². The average molecular weight is 333 g/mol. The van der Waals surface area contributed by atoms with E-state index in [0.29, 0.717) is 17.1 Å². The monoisotopic (exact) mass is 333 g/mol. The van der Waals surface area contributed by atoms with E-state index in [0.717, 1.165) is 29.1 Å². The van der Waals surface area contributed by atoms with Crippen molar-refractivity contribution in [2.75, 3.05) is 0 Å². The van der Waals surface area contributed by atoms with Gasteiger partial charge in [0.15, 0.2) is 0 Å². The van der Waals surface area contributed by atoms with Crippen molar-refractivity contribution in [3.8, 4) is 22.7 Å². The van der Waals surface area contributed by atoms with Gasteiger partial charge in [-0.15, -0.1) is 5.10 Å². The van der Waals surface area contributed by atoms with Gasteiger partial charge < -0.3 is 9.40 Å². The van der Waals surface area contributed by atoms with Crippen molar-refractivity contribution in [3.05, 3.63) is 53.1 Å². The number of nitrogens with one attached hydrogen (secondary N) is 1. The van der Waals surface area contributed by atoms with Gasteiger partial charge in [-0.1, -0.05) is 5.21 Å². The van der Waals surface area contributed by atoms with Gasteiger partial charge in [-0.3, -0.25) is 4.79 Å². The van der Waals surface area contributed by atoms with Crippen molar-refractivity contribution in [1.29, 1.82) is 0 Å². The maximum Gasteiger partial charge on any atom is 0.257 e. The molecule has 1 saturated carbocycles. The molecule has 0 bridgehead atoms. The van der Waals surface area contributed by atoms with Crippen molar-refractivity contribution in [1.82, 2.24) is 25.0 Å². The fourth-order valence-electron chi connectivity index (χ4n) is 2.94. The molecule has 1 aliphatic rings. The van der Waals surface area contributed by atoms with E-state index in [1.807, 2.05) is 22.9 Å². The van der Waals surface area contributed by atoms with Gasteiger partial charge in [0.1, 0.15) is 17.5 Å². The molecule has 25 heavy (non-hydrogen) atoms. The highest BCUT2D eigenvalue weighted by Crippen LogP contribution is 2.32. The Morgan fingerprint density at radius 1 is 1.28 bits per heavy atom. The molecule has 0 atom stereocenters. The molecule has 7 heteroatoms. The van der Waals surface area contributed by atoms with Crippen LogP contribution in [0, 0.1) is 5.92 Å². The second kappa shape index (κ2) is 5.41. The fraction of sp³-hybridized carbons (Fsp3) is 0.222. The van der Waals surface area contributed by atoms with E-state index in [1.165, 1.54) is 19.1 Å². The van der Waals surface area contributed by atoms with Gasteiger partial charge >= 0.3 is 0 Å². The highest BCUT2D eigenvalue weighted by molar-refractivity contribution is 5.80. The number of hydrogen-bond donors (Lipinski definition) is 1. The van der Waals surface area contributed by atoms with Crippen molar-refractivity contribution < 1.29 is 4.42 Å². The van der Waals surface area contributed by atoms with Crippen molar-refractivity contribution in [2.45, 2.75) is 19.4 Å². The normalized spacial score (nSPS) is 14.2. The first-order chi connectivity index (χ1) is 12.3. The molecule has 0 aliphatic heterocycles. The summed E-state index contributed by atoms with van der Waals surface area (Å²) in [5, 5.41) is 8.50. The Labute approximate surface area is 142 Å². The van der Waals surface area contributed by atoms with E-state index in [4.69, 9.17) is 4.42 Å². The number of nitrogens with zero attached hydrogens (tertiary/aromatic N) is 4. The molecule has 1 aromatic carbocycles. The number of H-pyrrole nitrogens is 1. The Kier molecular flexibility index (Phi) is 3.06. The first-order valence-corrected chi connectivity index (χ1v) is 8.25. The van der Waals surface area contributed by atoms with E-state index in [-0.39, 0.29) is 5.56 Å². The number of hydrogen-bond acceptors (Lipinski definition) is 5. The van der Waals surface area contributed by atoms with Gasteiger partial charge in [-0.05, 0) is 49.1 Å². The summed E-state index contributed by atoms with van der Waals surface area (Å²) < 4.78 is 7.53. The van der Waals surface area contributed by atoms with Crippen molar-refractivity contribution in [3.63, 3.8) is 0 Å². The molecule has 7 nitrogen and oxygen atoms in total. The lowest BCUT2D eigenvalue weighted by atomic mass is 10.2. The second-order valence-corrected chi connectivity index (χ2v) is 6.37. The molecule has 124 valence electrons. The van der Waals surface area contributed by atoms with Gasteiger partial charge in [0.2, 0.25) is 5.89 Å². The standard InChI is InChI=1S/C18H15N5O2/c24-17-13(2-1-7-19-17)15-10-25-18(20-15)12-5-6-16-14(8-12)21-22-23(16)9-11-3-4-11/h1-2,5-8,10-11H,3-4,9H2,(H,19,24). The maximum absolute atomic E-state index is 11.9. The summed E-state index contributed by atoms with van der Waals surface area (Å²) in [5.41, 5.74) is 3.44. The summed E-state index contributed by atoms with van der Waals surface area (Å²) in [6.45, 7) is 0.926. The Bertz CT molecular complexity index is 1120. The number of aromatic amines is 1. The van der Waals surface area contributed by atoms with E-state index in [1.54, 1.807) is 18.3 Å². The minimum atomic E-state index is -0.194. The van der Waals surface area contributed by atoms with Gasteiger partial charge in [0.25, 0.3) is 5.56 Å². The molecule has 1 N–H and O–H groups in total. The molecule has 4 aromatic rings. The third-order valence-corrected chi connectivity index (χ3v) is 4.49. The average Bonchev–Trinajstić information content (AvgIpc) is 3.16. The van der Waals surface area contributed by atoms with Crippen LogP contribution < -0.4 is 5.56 Å². The summed E-state index contributed by atoms with van der Waals surface area (Å²) >= 11 is 0. The van der Waals surface area contributed by atoms with Crippen LogP contribution >= 0.6 is 0 Å². The van der Waals surface area contributed by atoms with Gasteiger partial charge in [-0.2, -0.15) is 0 Å². The number of rotatable bonds is 4. The zero-order chi connectivity index (χ0) is 16.8. The predicted molar refractivity (Wildman–Crippen MR) is 91.8 cm³/mol. The molecule has 1 aliphatic carbocycles. The lowest BCUT2D eigenvalue weighted by Gasteiger charge is -2.00. The molecule has 0 amide bonds. The number of aromatic nitrogens is 5. The molecule has 0 radical (unpaired) electrons. The van der Waals surface area contributed by atoms with Crippen LogP contribution in [0.2, 0.25) is 0 Å². The Balaban J connectivity index is 1.51. The Hall–Kier alpha value is -3.22. The minimum absolute atomic E-state index is 0.194. The molecular weight excluding hydrogens is 318 g/mol. The number of fused-ring (bicyclic) bond motifs is 1. The smallest absolute Gasteiger partial charge is 0.257 e. The summed E-state index contributed by atoms with van der Waals surface area (Å²) in [4.78, 5) is 19.0. The summed E-state index contributed by atoms with van der Waals surface area (Å²) in [6, 6.07) is 9.32. The van der Waals surface area contributed by atoms with E-state index < -0.39 is 0 Å². The molecular formula is C18H15N5O2. The molecule has 0 spiro atoms. The summed E-state index contributed by atoms with van der Waals surface area (Å²) in [5.74, 6) is 1.19. The van der Waals surface area contributed by atoms with Crippen LogP contribution in [0.25, 0.3) is 33.7 Å². The highest BCUT2D eigenvalue weighted by Gasteiger charge is 2.23.